The number of benzene rings is 2. The Kier molecular flexibility index (Phi) is 5.75. The van der Waals surface area contributed by atoms with Crippen LogP contribution in [0, 0.1) is 6.92 Å². The van der Waals surface area contributed by atoms with E-state index in [0.717, 1.165) is 11.1 Å². The summed E-state index contributed by atoms with van der Waals surface area (Å²) in [7, 11) is -2.50. The highest BCUT2D eigenvalue weighted by molar-refractivity contribution is 7.89. The van der Waals surface area contributed by atoms with Crippen molar-refractivity contribution in [2.24, 2.45) is 0 Å². The highest BCUT2D eigenvalue weighted by atomic mass is 32.2. The summed E-state index contributed by atoms with van der Waals surface area (Å²) in [5, 5.41) is 0. The van der Waals surface area contributed by atoms with Gasteiger partial charge in [0, 0.05) is 6.04 Å². The largest absolute Gasteiger partial charge is 0.465 e. The maximum absolute atomic E-state index is 12.6. The van der Waals surface area contributed by atoms with E-state index in [0.29, 0.717) is 6.42 Å². The fourth-order valence-electron chi connectivity index (χ4n) is 2.35. The molecule has 0 aromatic heterocycles. The fraction of sp³-hybridized carbons (Fsp3) is 0.278. The number of aryl methyl sites for hydroxylation is 1. The van der Waals surface area contributed by atoms with Gasteiger partial charge in [-0.3, -0.25) is 0 Å². The van der Waals surface area contributed by atoms with E-state index in [1.54, 1.807) is 0 Å². The number of hydrogen-bond donors (Lipinski definition) is 1. The standard InChI is InChI=1S/C18H21NO4S/c1-4-17(14-10-8-13(2)9-11-14)19-24(21,22)16-7-5-6-15(12-16)18(20)23-3/h5-12,17,19H,4H2,1-3H3. The maximum atomic E-state index is 12.6. The van der Waals surface area contributed by atoms with Crippen molar-refractivity contribution in [2.45, 2.75) is 31.2 Å². The zero-order chi connectivity index (χ0) is 17.7. The second-order valence-corrected chi connectivity index (χ2v) is 7.23. The van der Waals surface area contributed by atoms with E-state index in [9.17, 15) is 13.2 Å². The SMILES string of the molecule is CCC(NS(=O)(=O)c1cccc(C(=O)OC)c1)c1ccc(C)cc1. The average Bonchev–Trinajstić information content (AvgIpc) is 2.60. The third-order valence-corrected chi connectivity index (χ3v) is 5.22. The molecule has 0 bridgehead atoms. The smallest absolute Gasteiger partial charge is 0.337 e. The number of carbonyl (C=O) groups is 1. The number of carbonyl (C=O) groups excluding carboxylic acids is 1. The molecule has 0 aliphatic carbocycles. The minimum Gasteiger partial charge on any atom is -0.465 e. The number of sulfonamides is 1. The lowest BCUT2D eigenvalue weighted by Gasteiger charge is -2.18. The predicted octanol–water partition coefficient (Wildman–Crippen LogP) is 3.21. The van der Waals surface area contributed by atoms with Crippen LogP contribution in [0.2, 0.25) is 0 Å². The molecule has 0 amide bonds. The van der Waals surface area contributed by atoms with Crippen LogP contribution in [0.3, 0.4) is 0 Å². The van der Waals surface area contributed by atoms with Gasteiger partial charge >= 0.3 is 5.97 Å². The van der Waals surface area contributed by atoms with Gasteiger partial charge in [-0.2, -0.15) is 0 Å². The fourth-order valence-corrected chi connectivity index (χ4v) is 3.70. The predicted molar refractivity (Wildman–Crippen MR) is 92.3 cm³/mol. The average molecular weight is 347 g/mol. The van der Waals surface area contributed by atoms with E-state index in [4.69, 9.17) is 0 Å². The van der Waals surface area contributed by atoms with E-state index < -0.39 is 16.0 Å². The van der Waals surface area contributed by atoms with Gasteiger partial charge in [0.2, 0.25) is 10.0 Å². The van der Waals surface area contributed by atoms with Gasteiger partial charge in [-0.15, -0.1) is 0 Å². The molecule has 0 saturated heterocycles. The van der Waals surface area contributed by atoms with Gasteiger partial charge in [-0.1, -0.05) is 42.8 Å². The van der Waals surface area contributed by atoms with E-state index >= 15 is 0 Å². The van der Waals surface area contributed by atoms with E-state index in [1.807, 2.05) is 38.1 Å². The number of rotatable bonds is 6. The molecule has 1 unspecified atom stereocenters. The number of nitrogens with one attached hydrogen (secondary N) is 1. The van der Waals surface area contributed by atoms with Gasteiger partial charge in [0.1, 0.15) is 0 Å². The Hall–Kier alpha value is -2.18. The normalized spacial score (nSPS) is 12.6. The molecule has 0 fully saturated rings. The first-order valence-corrected chi connectivity index (χ1v) is 9.13. The first-order chi connectivity index (χ1) is 11.4. The number of methoxy groups -OCH3 is 1. The second kappa shape index (κ2) is 7.59. The van der Waals surface area contributed by atoms with Gasteiger partial charge in [-0.25, -0.2) is 17.9 Å². The molecule has 0 aliphatic rings. The Bertz CT molecular complexity index is 813. The van der Waals surface area contributed by atoms with Crippen LogP contribution in [0.5, 0.6) is 0 Å². The summed E-state index contributed by atoms with van der Waals surface area (Å²) in [5.41, 5.74) is 2.21. The van der Waals surface area contributed by atoms with Crippen LogP contribution in [0.1, 0.15) is 40.9 Å². The molecule has 0 spiro atoms. The molecule has 5 nitrogen and oxygen atoms in total. The minimum absolute atomic E-state index is 0.0379. The molecule has 1 N–H and O–H groups in total. The second-order valence-electron chi connectivity index (χ2n) is 5.51. The Morgan fingerprint density at radius 3 is 2.42 bits per heavy atom. The van der Waals surface area contributed by atoms with Crippen LogP contribution in [0.25, 0.3) is 0 Å². The molecule has 2 rings (SSSR count). The van der Waals surface area contributed by atoms with E-state index in [1.165, 1.54) is 31.4 Å². The molecular weight excluding hydrogens is 326 g/mol. The van der Waals surface area contributed by atoms with Crippen molar-refractivity contribution in [3.8, 4) is 0 Å². The first-order valence-electron chi connectivity index (χ1n) is 7.64. The summed E-state index contributed by atoms with van der Waals surface area (Å²) >= 11 is 0. The van der Waals surface area contributed by atoms with Crippen LogP contribution in [-0.4, -0.2) is 21.5 Å². The van der Waals surface area contributed by atoms with Crippen molar-refractivity contribution in [1.29, 1.82) is 0 Å². The Labute approximate surface area is 142 Å². The molecular formula is C18H21NO4S. The van der Waals surface area contributed by atoms with Crippen LogP contribution in [0.15, 0.2) is 53.4 Å². The van der Waals surface area contributed by atoms with Gasteiger partial charge in [0.25, 0.3) is 0 Å². The number of hydrogen-bond acceptors (Lipinski definition) is 4. The van der Waals surface area contributed by atoms with Gasteiger partial charge in [0.05, 0.1) is 17.6 Å². The summed E-state index contributed by atoms with van der Waals surface area (Å²) in [6, 6.07) is 13.2. The molecule has 0 saturated carbocycles. The quantitative estimate of drug-likeness (QED) is 0.815. The molecule has 0 heterocycles. The lowest BCUT2D eigenvalue weighted by Crippen LogP contribution is -2.28. The summed E-state index contributed by atoms with van der Waals surface area (Å²) < 4.78 is 32.6. The minimum atomic E-state index is -3.75. The topological polar surface area (TPSA) is 72.5 Å². The van der Waals surface area contributed by atoms with Crippen LogP contribution >= 0.6 is 0 Å². The molecule has 6 heteroatoms. The zero-order valence-corrected chi connectivity index (χ0v) is 14.8. The lowest BCUT2D eigenvalue weighted by atomic mass is 10.0. The van der Waals surface area contributed by atoms with E-state index in [2.05, 4.69) is 9.46 Å². The highest BCUT2D eigenvalue weighted by Gasteiger charge is 2.21. The summed E-state index contributed by atoms with van der Waals surface area (Å²) in [5.74, 6) is -0.572. The van der Waals surface area contributed by atoms with Gasteiger partial charge in [-0.05, 0) is 37.1 Å². The van der Waals surface area contributed by atoms with Gasteiger partial charge in [0.15, 0.2) is 0 Å². The van der Waals surface area contributed by atoms with Crippen molar-refractivity contribution in [3.05, 3.63) is 65.2 Å². The van der Waals surface area contributed by atoms with Crippen molar-refractivity contribution in [3.63, 3.8) is 0 Å². The number of ether oxygens (including phenoxy) is 1. The molecule has 0 radical (unpaired) electrons. The molecule has 2 aromatic rings. The number of esters is 1. The van der Waals surface area contributed by atoms with Crippen molar-refractivity contribution in [1.82, 2.24) is 4.72 Å². The van der Waals surface area contributed by atoms with E-state index in [-0.39, 0.29) is 16.5 Å². The molecule has 0 aliphatic heterocycles. The molecule has 24 heavy (non-hydrogen) atoms. The van der Waals surface area contributed by atoms with Gasteiger partial charge < -0.3 is 4.74 Å². The van der Waals surface area contributed by atoms with Crippen molar-refractivity contribution in [2.75, 3.05) is 7.11 Å². The summed E-state index contributed by atoms with van der Waals surface area (Å²) in [6.45, 7) is 3.89. The Morgan fingerprint density at radius 1 is 1.17 bits per heavy atom. The molecule has 128 valence electrons. The van der Waals surface area contributed by atoms with Crippen LogP contribution in [0.4, 0.5) is 0 Å². The van der Waals surface area contributed by atoms with Crippen molar-refractivity contribution < 1.29 is 17.9 Å². The highest BCUT2D eigenvalue weighted by Crippen LogP contribution is 2.21. The zero-order valence-electron chi connectivity index (χ0n) is 13.9. The summed E-state index contributed by atoms with van der Waals surface area (Å²) in [6.07, 6.45) is 0.610. The lowest BCUT2D eigenvalue weighted by molar-refractivity contribution is 0.0600. The summed E-state index contributed by atoms with van der Waals surface area (Å²) in [4.78, 5) is 11.6. The third kappa shape index (κ3) is 4.21. The Morgan fingerprint density at radius 2 is 1.83 bits per heavy atom. The van der Waals surface area contributed by atoms with Crippen molar-refractivity contribution >= 4 is 16.0 Å². The Balaban J connectivity index is 2.29. The maximum Gasteiger partial charge on any atom is 0.337 e. The first kappa shape index (κ1) is 18.2. The third-order valence-electron chi connectivity index (χ3n) is 3.75. The van der Waals surface area contributed by atoms with Crippen LogP contribution < -0.4 is 4.72 Å². The molecule has 2 aromatic carbocycles. The molecule has 1 atom stereocenters. The van der Waals surface area contributed by atoms with Crippen LogP contribution in [-0.2, 0) is 14.8 Å². The monoisotopic (exact) mass is 347 g/mol.